The molecule has 1 N–H and O–H groups in total. The molecule has 1 aliphatic rings. The zero-order valence-electron chi connectivity index (χ0n) is 13.9. The third-order valence-electron chi connectivity index (χ3n) is 4.40. The maximum atomic E-state index is 12.7. The van der Waals surface area contributed by atoms with E-state index >= 15 is 0 Å². The van der Waals surface area contributed by atoms with Gasteiger partial charge in [-0.15, -0.1) is 11.3 Å². The van der Waals surface area contributed by atoms with Crippen LogP contribution in [0.3, 0.4) is 0 Å². The fourth-order valence-corrected chi connectivity index (χ4v) is 5.32. The van der Waals surface area contributed by atoms with E-state index in [1.54, 1.807) is 27.8 Å². The first kappa shape index (κ1) is 16.7. The van der Waals surface area contributed by atoms with Gasteiger partial charge in [-0.3, -0.25) is 0 Å². The number of piperazine rings is 1. The van der Waals surface area contributed by atoms with E-state index in [-0.39, 0.29) is 0 Å². The van der Waals surface area contributed by atoms with E-state index in [1.807, 2.05) is 19.1 Å². The Morgan fingerprint density at radius 1 is 1.04 bits per heavy atom. The fraction of sp³-hybridized carbons (Fsp3) is 0.278. The van der Waals surface area contributed by atoms with Crippen molar-refractivity contribution >= 4 is 31.6 Å². The van der Waals surface area contributed by atoms with Crippen molar-refractivity contribution in [2.24, 2.45) is 0 Å². The minimum Gasteiger partial charge on any atom is -0.314 e. The molecule has 7 heteroatoms. The van der Waals surface area contributed by atoms with E-state index in [2.05, 4.69) is 28.5 Å². The Kier molecular flexibility index (Phi) is 4.33. The molecule has 0 amide bonds. The second kappa shape index (κ2) is 6.49. The summed E-state index contributed by atoms with van der Waals surface area (Å²) >= 11 is 1.68. The van der Waals surface area contributed by atoms with E-state index in [0.29, 0.717) is 31.1 Å². The molecule has 2 heterocycles. The zero-order valence-corrected chi connectivity index (χ0v) is 15.5. The molecule has 0 spiro atoms. The van der Waals surface area contributed by atoms with Crippen LogP contribution in [0.1, 0.15) is 5.01 Å². The molecule has 3 aromatic rings. The molecule has 1 aromatic heterocycles. The van der Waals surface area contributed by atoms with Gasteiger partial charge in [0.05, 0.1) is 20.1 Å². The highest BCUT2D eigenvalue weighted by Gasteiger charge is 2.25. The Balaban J connectivity index is 1.64. The van der Waals surface area contributed by atoms with Crippen molar-refractivity contribution in [3.63, 3.8) is 0 Å². The largest absolute Gasteiger partial charge is 0.314 e. The van der Waals surface area contributed by atoms with Gasteiger partial charge >= 0.3 is 0 Å². The van der Waals surface area contributed by atoms with Crippen LogP contribution >= 0.6 is 11.3 Å². The Morgan fingerprint density at radius 2 is 1.72 bits per heavy atom. The standard InChI is InChI=1S/C18H19N3O2S2/c1-13-20-17-12-15(4-7-18(17)24-13)14-2-5-16(6-3-14)25(22,23)21-10-8-19-9-11-21/h2-7,12,19H,8-11H2,1H3. The van der Waals surface area contributed by atoms with E-state index in [1.165, 1.54) is 4.70 Å². The van der Waals surface area contributed by atoms with Crippen LogP contribution in [0.2, 0.25) is 0 Å². The van der Waals surface area contributed by atoms with Crippen LogP contribution in [0.25, 0.3) is 21.3 Å². The number of fused-ring (bicyclic) bond motifs is 1. The lowest BCUT2D eigenvalue weighted by Gasteiger charge is -2.26. The molecule has 2 aromatic carbocycles. The van der Waals surface area contributed by atoms with Crippen LogP contribution in [0.15, 0.2) is 47.4 Å². The predicted molar refractivity (Wildman–Crippen MR) is 101 cm³/mol. The van der Waals surface area contributed by atoms with Gasteiger partial charge in [0.1, 0.15) is 0 Å². The average Bonchev–Trinajstić information content (AvgIpc) is 3.01. The van der Waals surface area contributed by atoms with Crippen molar-refractivity contribution in [3.05, 3.63) is 47.5 Å². The highest BCUT2D eigenvalue weighted by molar-refractivity contribution is 7.89. The second-order valence-corrected chi connectivity index (χ2v) is 9.27. The molecule has 0 saturated carbocycles. The molecular formula is C18H19N3O2S2. The number of hydrogen-bond acceptors (Lipinski definition) is 5. The summed E-state index contributed by atoms with van der Waals surface area (Å²) < 4.78 is 28.1. The Hall–Kier alpha value is -1.80. The molecule has 0 atom stereocenters. The summed E-state index contributed by atoms with van der Waals surface area (Å²) in [5.41, 5.74) is 3.02. The van der Waals surface area contributed by atoms with Gasteiger partial charge < -0.3 is 5.32 Å². The number of benzene rings is 2. The number of sulfonamides is 1. The van der Waals surface area contributed by atoms with E-state index in [4.69, 9.17) is 0 Å². The van der Waals surface area contributed by atoms with Crippen molar-refractivity contribution in [2.75, 3.05) is 26.2 Å². The number of nitrogens with zero attached hydrogens (tertiary/aromatic N) is 2. The van der Waals surface area contributed by atoms with Crippen LogP contribution < -0.4 is 5.32 Å². The summed E-state index contributed by atoms with van der Waals surface area (Å²) in [4.78, 5) is 4.88. The summed E-state index contributed by atoms with van der Waals surface area (Å²) in [6, 6.07) is 13.3. The summed E-state index contributed by atoms with van der Waals surface area (Å²) in [6.45, 7) is 4.43. The minimum atomic E-state index is -3.41. The summed E-state index contributed by atoms with van der Waals surface area (Å²) in [7, 11) is -3.41. The lowest BCUT2D eigenvalue weighted by molar-refractivity contribution is 0.360. The van der Waals surface area contributed by atoms with Gasteiger partial charge in [-0.25, -0.2) is 13.4 Å². The van der Waals surface area contributed by atoms with Crippen LogP contribution in [0.5, 0.6) is 0 Å². The molecule has 1 aliphatic heterocycles. The van der Waals surface area contributed by atoms with Crippen molar-refractivity contribution in [3.8, 4) is 11.1 Å². The molecule has 1 fully saturated rings. The number of rotatable bonds is 3. The van der Waals surface area contributed by atoms with Crippen LogP contribution in [0, 0.1) is 6.92 Å². The van der Waals surface area contributed by atoms with Gasteiger partial charge in [-0.1, -0.05) is 18.2 Å². The van der Waals surface area contributed by atoms with Crippen molar-refractivity contribution in [1.82, 2.24) is 14.6 Å². The maximum Gasteiger partial charge on any atom is 0.243 e. The number of thiazole rings is 1. The van der Waals surface area contributed by atoms with Gasteiger partial charge in [0.25, 0.3) is 0 Å². The lowest BCUT2D eigenvalue weighted by Crippen LogP contribution is -2.46. The lowest BCUT2D eigenvalue weighted by atomic mass is 10.1. The first-order valence-electron chi connectivity index (χ1n) is 8.22. The zero-order chi connectivity index (χ0) is 17.4. The van der Waals surface area contributed by atoms with E-state index in [9.17, 15) is 8.42 Å². The second-order valence-electron chi connectivity index (χ2n) is 6.09. The number of nitrogens with one attached hydrogen (secondary N) is 1. The van der Waals surface area contributed by atoms with Crippen LogP contribution in [-0.2, 0) is 10.0 Å². The molecule has 0 bridgehead atoms. The van der Waals surface area contributed by atoms with Gasteiger partial charge in [0.15, 0.2) is 0 Å². The Morgan fingerprint density at radius 3 is 2.44 bits per heavy atom. The topological polar surface area (TPSA) is 62.3 Å². The minimum absolute atomic E-state index is 0.351. The Bertz CT molecular complexity index is 1000. The summed E-state index contributed by atoms with van der Waals surface area (Å²) in [6.07, 6.45) is 0. The quantitative estimate of drug-likeness (QED) is 0.767. The summed E-state index contributed by atoms with van der Waals surface area (Å²) in [5, 5.41) is 4.22. The van der Waals surface area contributed by atoms with Gasteiger partial charge in [0, 0.05) is 26.2 Å². The third kappa shape index (κ3) is 3.20. The first-order valence-corrected chi connectivity index (χ1v) is 10.5. The molecule has 5 nitrogen and oxygen atoms in total. The molecule has 0 aliphatic carbocycles. The SMILES string of the molecule is Cc1nc2cc(-c3ccc(S(=O)(=O)N4CCNCC4)cc3)ccc2s1. The van der Waals surface area contributed by atoms with Crippen molar-refractivity contribution in [1.29, 1.82) is 0 Å². The van der Waals surface area contributed by atoms with E-state index < -0.39 is 10.0 Å². The van der Waals surface area contributed by atoms with Gasteiger partial charge in [0.2, 0.25) is 10.0 Å². The van der Waals surface area contributed by atoms with Crippen LogP contribution in [-0.4, -0.2) is 43.9 Å². The number of aryl methyl sites for hydroxylation is 1. The molecule has 25 heavy (non-hydrogen) atoms. The van der Waals surface area contributed by atoms with E-state index in [0.717, 1.165) is 21.7 Å². The Labute approximate surface area is 151 Å². The number of aromatic nitrogens is 1. The molecule has 130 valence electrons. The molecule has 1 saturated heterocycles. The number of hydrogen-bond donors (Lipinski definition) is 1. The molecule has 4 rings (SSSR count). The highest BCUT2D eigenvalue weighted by atomic mass is 32.2. The molecule has 0 radical (unpaired) electrons. The van der Waals surface area contributed by atoms with Gasteiger partial charge in [-0.2, -0.15) is 4.31 Å². The maximum absolute atomic E-state index is 12.7. The summed E-state index contributed by atoms with van der Waals surface area (Å²) in [5.74, 6) is 0. The molecule has 0 unspecified atom stereocenters. The highest BCUT2D eigenvalue weighted by Crippen LogP contribution is 2.28. The predicted octanol–water partition coefficient (Wildman–Crippen LogP) is 2.87. The third-order valence-corrected chi connectivity index (χ3v) is 7.26. The average molecular weight is 374 g/mol. The van der Waals surface area contributed by atoms with Gasteiger partial charge in [-0.05, 0) is 42.3 Å². The monoisotopic (exact) mass is 373 g/mol. The smallest absolute Gasteiger partial charge is 0.243 e. The first-order chi connectivity index (χ1) is 12.0. The van der Waals surface area contributed by atoms with Crippen molar-refractivity contribution < 1.29 is 8.42 Å². The molecular weight excluding hydrogens is 354 g/mol. The van der Waals surface area contributed by atoms with Crippen LogP contribution in [0.4, 0.5) is 0 Å². The van der Waals surface area contributed by atoms with Crippen molar-refractivity contribution in [2.45, 2.75) is 11.8 Å². The normalized spacial score (nSPS) is 16.4. The fourth-order valence-electron chi connectivity index (χ4n) is 3.08.